The van der Waals surface area contributed by atoms with E-state index in [2.05, 4.69) is 10.3 Å². The van der Waals surface area contributed by atoms with Gasteiger partial charge < -0.3 is 15.2 Å². The van der Waals surface area contributed by atoms with Crippen LogP contribution in [0.25, 0.3) is 10.9 Å². The van der Waals surface area contributed by atoms with Crippen molar-refractivity contribution in [1.29, 1.82) is 0 Å². The summed E-state index contributed by atoms with van der Waals surface area (Å²) in [7, 11) is 0. The quantitative estimate of drug-likeness (QED) is 0.329. The van der Waals surface area contributed by atoms with Crippen molar-refractivity contribution in [3.63, 3.8) is 0 Å². The lowest BCUT2D eigenvalue weighted by Crippen LogP contribution is -2.35. The average Bonchev–Trinajstić information content (AvgIpc) is 3.27. The first-order chi connectivity index (χ1) is 16.4. The molecule has 2 heterocycles. The van der Waals surface area contributed by atoms with E-state index < -0.39 is 10.7 Å². The molecule has 170 valence electrons. The highest BCUT2D eigenvalue weighted by Gasteiger charge is 2.27. The van der Waals surface area contributed by atoms with Crippen LogP contribution in [0.3, 0.4) is 0 Å². The number of anilines is 2. The third-order valence-electron chi connectivity index (χ3n) is 5.96. The molecular formula is C25H19FN4O4. The van der Waals surface area contributed by atoms with Crippen molar-refractivity contribution >= 4 is 39.8 Å². The maximum atomic E-state index is 13.5. The molecule has 0 unspecified atom stereocenters. The summed E-state index contributed by atoms with van der Waals surface area (Å²) in [4.78, 5) is 41.5. The monoisotopic (exact) mass is 458 g/mol. The first-order valence-electron chi connectivity index (χ1n) is 10.7. The van der Waals surface area contributed by atoms with Crippen LogP contribution in [0.4, 0.5) is 21.5 Å². The van der Waals surface area contributed by atoms with Crippen LogP contribution in [0.15, 0.2) is 66.9 Å². The minimum atomic E-state index is -0.493. The molecular weight excluding hydrogens is 439 g/mol. The van der Waals surface area contributed by atoms with Gasteiger partial charge in [0.05, 0.1) is 10.5 Å². The maximum absolute atomic E-state index is 13.5. The van der Waals surface area contributed by atoms with Gasteiger partial charge in [-0.1, -0.05) is 6.07 Å². The van der Waals surface area contributed by atoms with E-state index in [4.69, 9.17) is 0 Å². The van der Waals surface area contributed by atoms with Crippen LogP contribution in [0.5, 0.6) is 0 Å². The number of nitrogens with one attached hydrogen (secondary N) is 2. The van der Waals surface area contributed by atoms with Crippen LogP contribution in [-0.2, 0) is 6.42 Å². The largest absolute Gasteiger partial charge is 0.360 e. The molecule has 0 atom stereocenters. The number of aromatic nitrogens is 1. The average molecular weight is 458 g/mol. The van der Waals surface area contributed by atoms with E-state index in [1.807, 2.05) is 6.07 Å². The molecule has 1 aliphatic heterocycles. The number of benzene rings is 3. The standard InChI is InChI=1S/C25H19FN4O4/c26-16-8-6-15(7-9-16)24(31)28-22-4-1-5-23-18(22)3-2-12-29(23)25(32)20-14-27-21-11-10-17(30(33)34)13-19(20)21/h1,4-11,13-14,27H,2-3,12H2,(H,28,31). The Hall–Kier alpha value is -4.53. The Morgan fingerprint density at radius 3 is 2.65 bits per heavy atom. The summed E-state index contributed by atoms with van der Waals surface area (Å²) in [6.07, 6.45) is 2.91. The lowest BCUT2D eigenvalue weighted by molar-refractivity contribution is -0.384. The van der Waals surface area contributed by atoms with Crippen LogP contribution in [0, 0.1) is 15.9 Å². The van der Waals surface area contributed by atoms with Gasteiger partial charge >= 0.3 is 0 Å². The Kier molecular flexibility index (Phi) is 5.29. The number of halogens is 1. The third kappa shape index (κ3) is 3.77. The Labute approximate surface area is 193 Å². The van der Waals surface area contributed by atoms with Gasteiger partial charge in [-0.25, -0.2) is 4.39 Å². The highest BCUT2D eigenvalue weighted by atomic mass is 19.1. The van der Waals surface area contributed by atoms with Crippen molar-refractivity contribution in [2.24, 2.45) is 0 Å². The molecule has 8 nitrogen and oxygen atoms in total. The van der Waals surface area contributed by atoms with E-state index in [0.717, 1.165) is 5.56 Å². The Morgan fingerprint density at radius 1 is 1.09 bits per heavy atom. The topological polar surface area (TPSA) is 108 Å². The van der Waals surface area contributed by atoms with E-state index in [1.165, 1.54) is 36.4 Å². The van der Waals surface area contributed by atoms with Crippen LogP contribution in [0.2, 0.25) is 0 Å². The predicted octanol–water partition coefficient (Wildman–Crippen LogP) is 5.06. The molecule has 0 bridgehead atoms. The SMILES string of the molecule is O=C(Nc1cccc2c1CCCN2C(=O)c1c[nH]c2ccc([N+](=O)[O-])cc12)c1ccc(F)cc1. The van der Waals surface area contributed by atoms with Gasteiger partial charge in [0.2, 0.25) is 0 Å². The van der Waals surface area contributed by atoms with Crippen molar-refractivity contribution in [2.75, 3.05) is 16.8 Å². The van der Waals surface area contributed by atoms with E-state index in [9.17, 15) is 24.1 Å². The number of amides is 2. The summed E-state index contributed by atoms with van der Waals surface area (Å²) in [5.74, 6) is -1.08. The van der Waals surface area contributed by atoms with Crippen LogP contribution in [0.1, 0.15) is 32.7 Å². The molecule has 9 heteroatoms. The minimum absolute atomic E-state index is 0.0917. The van der Waals surface area contributed by atoms with Crippen molar-refractivity contribution in [3.8, 4) is 0 Å². The summed E-state index contributed by atoms with van der Waals surface area (Å²) in [6, 6.07) is 15.0. The number of hydrogen-bond donors (Lipinski definition) is 2. The third-order valence-corrected chi connectivity index (χ3v) is 5.96. The Bertz CT molecular complexity index is 1450. The Balaban J connectivity index is 1.48. The molecule has 0 fully saturated rings. The highest BCUT2D eigenvalue weighted by Crippen LogP contribution is 2.35. The molecule has 2 N–H and O–H groups in total. The lowest BCUT2D eigenvalue weighted by atomic mass is 9.98. The fourth-order valence-electron chi connectivity index (χ4n) is 4.29. The first kappa shape index (κ1) is 21.3. The predicted molar refractivity (Wildman–Crippen MR) is 126 cm³/mol. The van der Waals surface area contributed by atoms with E-state index in [0.29, 0.717) is 52.8 Å². The summed E-state index contributed by atoms with van der Waals surface area (Å²) >= 11 is 0. The number of H-pyrrole nitrogens is 1. The second kappa shape index (κ2) is 8.43. The van der Waals surface area contributed by atoms with Gasteiger partial charge in [-0.15, -0.1) is 0 Å². The molecule has 0 aliphatic carbocycles. The molecule has 0 spiro atoms. The highest BCUT2D eigenvalue weighted by molar-refractivity contribution is 6.15. The summed E-state index contributed by atoms with van der Waals surface area (Å²) in [6.45, 7) is 0.475. The molecule has 2 amide bonds. The second-order valence-corrected chi connectivity index (χ2v) is 8.01. The van der Waals surface area contributed by atoms with E-state index in [1.54, 1.807) is 29.3 Å². The van der Waals surface area contributed by atoms with Crippen LogP contribution >= 0.6 is 0 Å². The molecule has 5 rings (SSSR count). The van der Waals surface area contributed by atoms with Crippen molar-refractivity contribution in [3.05, 3.63) is 99.5 Å². The molecule has 3 aromatic carbocycles. The summed E-state index contributed by atoms with van der Waals surface area (Å²) in [5.41, 5.74) is 3.28. The van der Waals surface area contributed by atoms with Gasteiger partial charge in [0.1, 0.15) is 5.82 Å². The number of nitro groups is 1. The van der Waals surface area contributed by atoms with Gasteiger partial charge in [0, 0.05) is 52.7 Å². The van der Waals surface area contributed by atoms with E-state index in [-0.39, 0.29) is 17.5 Å². The molecule has 1 aromatic heterocycles. The van der Waals surface area contributed by atoms with Gasteiger partial charge in [-0.3, -0.25) is 19.7 Å². The number of nitro benzene ring substituents is 1. The number of non-ortho nitro benzene ring substituents is 1. The zero-order valence-corrected chi connectivity index (χ0v) is 17.9. The normalized spacial score (nSPS) is 12.9. The van der Waals surface area contributed by atoms with Gasteiger partial charge in [0.25, 0.3) is 17.5 Å². The first-order valence-corrected chi connectivity index (χ1v) is 10.7. The smallest absolute Gasteiger partial charge is 0.270 e. The summed E-state index contributed by atoms with van der Waals surface area (Å²) in [5, 5.41) is 14.6. The molecule has 1 aliphatic rings. The minimum Gasteiger partial charge on any atom is -0.360 e. The zero-order chi connectivity index (χ0) is 23.8. The maximum Gasteiger partial charge on any atom is 0.270 e. The number of carbonyl (C=O) groups is 2. The zero-order valence-electron chi connectivity index (χ0n) is 17.9. The van der Waals surface area contributed by atoms with Crippen LogP contribution in [-0.4, -0.2) is 28.3 Å². The molecule has 4 aromatic rings. The van der Waals surface area contributed by atoms with Gasteiger partial charge in [0.15, 0.2) is 0 Å². The molecule has 0 radical (unpaired) electrons. The van der Waals surface area contributed by atoms with E-state index >= 15 is 0 Å². The lowest BCUT2D eigenvalue weighted by Gasteiger charge is -2.31. The number of rotatable bonds is 4. The molecule has 0 saturated carbocycles. The van der Waals surface area contributed by atoms with Crippen molar-refractivity contribution in [1.82, 2.24) is 4.98 Å². The van der Waals surface area contributed by atoms with Gasteiger partial charge in [-0.2, -0.15) is 0 Å². The van der Waals surface area contributed by atoms with Gasteiger partial charge in [-0.05, 0) is 60.9 Å². The number of nitrogens with zero attached hydrogens (tertiary/aromatic N) is 2. The Morgan fingerprint density at radius 2 is 1.88 bits per heavy atom. The number of carbonyl (C=O) groups excluding carboxylic acids is 2. The second-order valence-electron chi connectivity index (χ2n) is 8.01. The number of hydrogen-bond acceptors (Lipinski definition) is 4. The summed E-state index contributed by atoms with van der Waals surface area (Å²) < 4.78 is 13.2. The fraction of sp³-hybridized carbons (Fsp3) is 0.120. The van der Waals surface area contributed by atoms with Crippen molar-refractivity contribution in [2.45, 2.75) is 12.8 Å². The number of fused-ring (bicyclic) bond motifs is 2. The van der Waals surface area contributed by atoms with Crippen molar-refractivity contribution < 1.29 is 18.9 Å². The fourth-order valence-corrected chi connectivity index (χ4v) is 4.29. The van der Waals surface area contributed by atoms with Crippen LogP contribution < -0.4 is 10.2 Å². The molecule has 34 heavy (non-hydrogen) atoms. The molecule has 0 saturated heterocycles. The number of aromatic amines is 1.